The molecule has 0 fully saturated rings. The molecule has 0 radical (unpaired) electrons. The van der Waals surface area contributed by atoms with E-state index in [1.807, 2.05) is 12.1 Å². The van der Waals surface area contributed by atoms with Crippen LogP contribution in [0.25, 0.3) is 10.9 Å². The van der Waals surface area contributed by atoms with Crippen LogP contribution in [-0.2, 0) is 22.7 Å². The molecular weight excluding hydrogens is 312 g/mol. The minimum absolute atomic E-state index is 0.0550. The molecule has 1 aliphatic heterocycles. The number of carbonyl (C=O) groups is 1. The second-order valence-electron chi connectivity index (χ2n) is 6.29. The van der Waals surface area contributed by atoms with E-state index in [-0.39, 0.29) is 11.7 Å². The van der Waals surface area contributed by atoms with Crippen LogP contribution >= 0.6 is 0 Å². The number of amides is 1. The average Bonchev–Trinajstić information content (AvgIpc) is 3.06. The van der Waals surface area contributed by atoms with Gasteiger partial charge in [0.05, 0.1) is 11.8 Å². The first-order chi connectivity index (χ1) is 11.0. The van der Waals surface area contributed by atoms with E-state index < -0.39 is 15.9 Å². The molecule has 1 aromatic carbocycles. The lowest BCUT2D eigenvalue weighted by molar-refractivity contribution is 0.0948. The molecule has 0 unspecified atom stereocenters. The van der Waals surface area contributed by atoms with Gasteiger partial charge in [0.25, 0.3) is 5.91 Å². The lowest BCUT2D eigenvalue weighted by atomic mass is 9.95. The summed E-state index contributed by atoms with van der Waals surface area (Å²) in [5.41, 5.74) is 4.25. The van der Waals surface area contributed by atoms with Crippen molar-refractivity contribution in [2.24, 2.45) is 0 Å². The summed E-state index contributed by atoms with van der Waals surface area (Å²) in [7, 11) is -3.16. The van der Waals surface area contributed by atoms with Gasteiger partial charge in [0.2, 0.25) is 0 Å². The molecule has 120 valence electrons. The van der Waals surface area contributed by atoms with Crippen LogP contribution in [0.5, 0.6) is 0 Å². The van der Waals surface area contributed by atoms with Gasteiger partial charge in [0, 0.05) is 27.6 Å². The highest BCUT2D eigenvalue weighted by atomic mass is 32.2. The van der Waals surface area contributed by atoms with Gasteiger partial charge in [-0.25, -0.2) is 8.42 Å². The van der Waals surface area contributed by atoms with Crippen LogP contribution in [0.3, 0.4) is 0 Å². The summed E-state index contributed by atoms with van der Waals surface area (Å²) in [6.45, 7) is 0. The van der Waals surface area contributed by atoms with Gasteiger partial charge in [-0.3, -0.25) is 4.79 Å². The zero-order valence-electron chi connectivity index (χ0n) is 12.6. The molecule has 5 nitrogen and oxygen atoms in total. The lowest BCUT2D eigenvalue weighted by Gasteiger charge is -2.11. The summed E-state index contributed by atoms with van der Waals surface area (Å²) in [6, 6.07) is 5.19. The number of sulfone groups is 1. The third kappa shape index (κ3) is 2.67. The maximum atomic E-state index is 12.4. The van der Waals surface area contributed by atoms with E-state index in [0.29, 0.717) is 5.56 Å². The number of H-pyrrole nitrogens is 1. The minimum Gasteiger partial charge on any atom is -0.358 e. The van der Waals surface area contributed by atoms with Gasteiger partial charge < -0.3 is 10.3 Å². The molecule has 0 saturated heterocycles. The second kappa shape index (κ2) is 5.23. The Morgan fingerprint density at radius 2 is 2.04 bits per heavy atom. The Labute approximate surface area is 134 Å². The van der Waals surface area contributed by atoms with Crippen molar-refractivity contribution in [1.82, 2.24) is 10.3 Å². The van der Waals surface area contributed by atoms with Crippen LogP contribution in [0, 0.1) is 0 Å². The number of aromatic nitrogens is 1. The third-order valence-corrected chi connectivity index (χ3v) is 6.00. The zero-order valence-corrected chi connectivity index (χ0v) is 13.4. The first kappa shape index (κ1) is 14.5. The number of aromatic amines is 1. The van der Waals surface area contributed by atoms with Gasteiger partial charge in [0.1, 0.15) is 0 Å². The van der Waals surface area contributed by atoms with E-state index >= 15 is 0 Å². The first-order valence-electron chi connectivity index (χ1n) is 7.87. The van der Waals surface area contributed by atoms with Crippen LogP contribution in [0.4, 0.5) is 0 Å². The number of rotatable bonds is 2. The molecule has 0 spiro atoms. The number of carbonyl (C=O) groups excluding carboxylic acids is 1. The van der Waals surface area contributed by atoms with Crippen molar-refractivity contribution >= 4 is 26.6 Å². The maximum Gasteiger partial charge on any atom is 0.251 e. The number of fused-ring (bicyclic) bond motifs is 3. The Bertz CT molecular complexity index is 925. The topological polar surface area (TPSA) is 79.0 Å². The average molecular weight is 330 g/mol. The summed E-state index contributed by atoms with van der Waals surface area (Å²) >= 11 is 0. The Hall–Kier alpha value is -2.08. The number of hydrogen-bond acceptors (Lipinski definition) is 3. The van der Waals surface area contributed by atoms with Crippen molar-refractivity contribution in [3.63, 3.8) is 0 Å². The summed E-state index contributed by atoms with van der Waals surface area (Å²) in [6.07, 6.45) is 6.03. The first-order valence-corrected chi connectivity index (χ1v) is 9.59. The number of nitrogens with one attached hydrogen (secondary N) is 2. The standard InChI is InChI=1S/C17H18N2O3S/c20-17(18-12-7-8-23(21,22)10-12)11-5-6-16-14(9-11)13-3-1-2-4-15(13)19-16/h5-9,12,19H,1-4,10H2,(H,18,20)/t12-/m0/s1. The molecular formula is C17H18N2O3S. The smallest absolute Gasteiger partial charge is 0.251 e. The van der Waals surface area contributed by atoms with Crippen molar-refractivity contribution in [2.75, 3.05) is 5.75 Å². The molecule has 4 rings (SSSR count). The molecule has 0 saturated carbocycles. The Morgan fingerprint density at radius 3 is 2.83 bits per heavy atom. The normalized spacial score (nSPS) is 22.2. The van der Waals surface area contributed by atoms with Gasteiger partial charge in [-0.05, 0) is 55.5 Å². The summed E-state index contributed by atoms with van der Waals surface area (Å²) in [5.74, 6) is -0.287. The molecule has 6 heteroatoms. The van der Waals surface area contributed by atoms with Gasteiger partial charge >= 0.3 is 0 Å². The van der Waals surface area contributed by atoms with Gasteiger partial charge in [-0.1, -0.05) is 0 Å². The summed E-state index contributed by atoms with van der Waals surface area (Å²) in [5, 5.41) is 5.06. The lowest BCUT2D eigenvalue weighted by Crippen LogP contribution is -2.35. The van der Waals surface area contributed by atoms with Crippen molar-refractivity contribution in [3.8, 4) is 0 Å². The second-order valence-corrected chi connectivity index (χ2v) is 8.22. The predicted octanol–water partition coefficient (Wildman–Crippen LogP) is 2.09. The van der Waals surface area contributed by atoms with E-state index in [1.165, 1.54) is 35.6 Å². The Kier molecular flexibility index (Phi) is 3.30. The van der Waals surface area contributed by atoms with E-state index in [1.54, 1.807) is 6.07 Å². The Morgan fingerprint density at radius 1 is 1.22 bits per heavy atom. The van der Waals surface area contributed by atoms with Gasteiger partial charge in [-0.15, -0.1) is 0 Å². The highest BCUT2D eigenvalue weighted by Crippen LogP contribution is 2.29. The molecule has 23 heavy (non-hydrogen) atoms. The molecule has 2 aromatic rings. The van der Waals surface area contributed by atoms with Crippen LogP contribution in [0.15, 0.2) is 29.7 Å². The molecule has 1 aliphatic carbocycles. The summed E-state index contributed by atoms with van der Waals surface area (Å²) in [4.78, 5) is 15.8. The van der Waals surface area contributed by atoms with E-state index in [0.717, 1.165) is 23.7 Å². The zero-order chi connectivity index (χ0) is 16.0. The molecule has 2 N–H and O–H groups in total. The molecule has 1 aromatic heterocycles. The third-order valence-electron chi connectivity index (χ3n) is 4.61. The highest BCUT2D eigenvalue weighted by Gasteiger charge is 2.24. The largest absolute Gasteiger partial charge is 0.358 e. The number of hydrogen-bond donors (Lipinski definition) is 2. The van der Waals surface area contributed by atoms with Crippen LogP contribution in [0.2, 0.25) is 0 Å². The van der Waals surface area contributed by atoms with Gasteiger partial charge in [0.15, 0.2) is 9.84 Å². The summed E-state index contributed by atoms with van der Waals surface area (Å²) < 4.78 is 22.8. The van der Waals surface area contributed by atoms with E-state index in [9.17, 15) is 13.2 Å². The quantitative estimate of drug-likeness (QED) is 0.885. The number of aryl methyl sites for hydroxylation is 2. The highest BCUT2D eigenvalue weighted by molar-refractivity contribution is 7.94. The monoisotopic (exact) mass is 330 g/mol. The van der Waals surface area contributed by atoms with Crippen molar-refractivity contribution in [2.45, 2.75) is 31.7 Å². The Balaban J connectivity index is 1.61. The molecule has 0 bridgehead atoms. The van der Waals surface area contributed by atoms with E-state index in [2.05, 4.69) is 10.3 Å². The molecule has 1 atom stereocenters. The van der Waals surface area contributed by atoms with Crippen molar-refractivity contribution in [1.29, 1.82) is 0 Å². The maximum absolute atomic E-state index is 12.4. The van der Waals surface area contributed by atoms with Crippen LogP contribution < -0.4 is 5.32 Å². The fraction of sp³-hybridized carbons (Fsp3) is 0.353. The van der Waals surface area contributed by atoms with Gasteiger partial charge in [-0.2, -0.15) is 0 Å². The fourth-order valence-electron chi connectivity index (χ4n) is 3.46. The SMILES string of the molecule is O=C(N[C@H]1C=CS(=O)(=O)C1)c1ccc2[nH]c3c(c2c1)CCCC3. The van der Waals surface area contributed by atoms with Crippen LogP contribution in [0.1, 0.15) is 34.5 Å². The van der Waals surface area contributed by atoms with Crippen LogP contribution in [-0.4, -0.2) is 31.1 Å². The van der Waals surface area contributed by atoms with Crippen molar-refractivity contribution < 1.29 is 13.2 Å². The van der Waals surface area contributed by atoms with Crippen molar-refractivity contribution in [3.05, 3.63) is 46.5 Å². The predicted molar refractivity (Wildman–Crippen MR) is 89.1 cm³/mol. The molecule has 2 aliphatic rings. The fourth-order valence-corrected chi connectivity index (χ4v) is 4.70. The molecule has 2 heterocycles. The van der Waals surface area contributed by atoms with E-state index in [4.69, 9.17) is 0 Å². The minimum atomic E-state index is -3.16. The molecule has 1 amide bonds. The number of benzene rings is 1.